The van der Waals surface area contributed by atoms with Crippen molar-refractivity contribution >= 4 is 17.4 Å². The number of hydrogen-bond donors (Lipinski definition) is 0. The van der Waals surface area contributed by atoms with Crippen molar-refractivity contribution in [2.45, 2.75) is 19.3 Å². The van der Waals surface area contributed by atoms with Crippen molar-refractivity contribution in [3.8, 4) is 0 Å². The Hall–Kier alpha value is -2.56. The molecule has 0 aromatic heterocycles. The number of anilines is 1. The van der Waals surface area contributed by atoms with Crippen LogP contribution in [0, 0.1) is 0 Å². The first-order valence-corrected chi connectivity index (χ1v) is 8.05. The number of para-hydroxylation sites is 1. The Labute approximate surface area is 143 Å². The predicted molar refractivity (Wildman–Crippen MR) is 97.9 cm³/mol. The fourth-order valence-corrected chi connectivity index (χ4v) is 3.45. The van der Waals surface area contributed by atoms with Gasteiger partial charge >= 0.3 is 0 Å². The van der Waals surface area contributed by atoms with Crippen molar-refractivity contribution in [2.75, 3.05) is 33.1 Å². The number of amides is 1. The van der Waals surface area contributed by atoms with E-state index in [1.165, 1.54) is 16.3 Å². The Kier molecular flexibility index (Phi) is 3.74. The summed E-state index contributed by atoms with van der Waals surface area (Å²) in [5, 5.41) is 5.69. The van der Waals surface area contributed by atoms with Crippen LogP contribution in [0.5, 0.6) is 0 Å². The fourth-order valence-electron chi connectivity index (χ4n) is 3.45. The topological polar surface area (TPSA) is 39.1 Å². The lowest BCUT2D eigenvalue weighted by molar-refractivity contribution is -0.124. The third-order valence-electron chi connectivity index (χ3n) is 4.78. The predicted octanol–water partition coefficient (Wildman–Crippen LogP) is 2.57. The van der Waals surface area contributed by atoms with Gasteiger partial charge in [0.05, 0.1) is 5.57 Å². The lowest BCUT2D eigenvalue weighted by Crippen LogP contribution is -2.25. The molecule has 0 radical (unpaired) electrons. The number of benzene rings is 1. The quantitative estimate of drug-likeness (QED) is 0.745. The Morgan fingerprint density at radius 2 is 1.79 bits per heavy atom. The van der Waals surface area contributed by atoms with Crippen LogP contribution in [0.2, 0.25) is 0 Å². The molecule has 5 heteroatoms. The van der Waals surface area contributed by atoms with E-state index in [1.54, 1.807) is 7.05 Å². The molecule has 0 aliphatic carbocycles. The van der Waals surface area contributed by atoms with Gasteiger partial charge in [0.15, 0.2) is 5.84 Å². The molecule has 0 unspecified atom stereocenters. The number of fused-ring (bicyclic) bond motifs is 1. The van der Waals surface area contributed by atoms with Gasteiger partial charge in [-0.1, -0.05) is 32.0 Å². The van der Waals surface area contributed by atoms with E-state index >= 15 is 0 Å². The zero-order valence-corrected chi connectivity index (χ0v) is 15.2. The van der Waals surface area contributed by atoms with Gasteiger partial charge in [0, 0.05) is 45.0 Å². The number of likely N-dealkylation sites (N-methyl/N-ethyl adjacent to an activating group) is 3. The molecule has 0 saturated carbocycles. The zero-order chi connectivity index (χ0) is 17.6. The Morgan fingerprint density at radius 1 is 1.12 bits per heavy atom. The monoisotopic (exact) mass is 324 g/mol. The smallest absolute Gasteiger partial charge is 0.277 e. The van der Waals surface area contributed by atoms with Crippen LogP contribution in [0.25, 0.3) is 0 Å². The molecule has 126 valence electrons. The first-order chi connectivity index (χ1) is 11.2. The highest BCUT2D eigenvalue weighted by atomic mass is 16.2. The van der Waals surface area contributed by atoms with E-state index in [0.717, 1.165) is 5.70 Å². The molecule has 1 aromatic carbocycles. The van der Waals surface area contributed by atoms with Crippen molar-refractivity contribution in [1.82, 2.24) is 9.91 Å². The van der Waals surface area contributed by atoms with Gasteiger partial charge in [-0.25, -0.2) is 5.01 Å². The number of amidine groups is 1. The van der Waals surface area contributed by atoms with Crippen LogP contribution in [-0.4, -0.2) is 49.8 Å². The Morgan fingerprint density at radius 3 is 2.42 bits per heavy atom. The number of rotatable bonds is 1. The average molecular weight is 324 g/mol. The zero-order valence-electron chi connectivity index (χ0n) is 15.2. The number of hydrogen-bond acceptors (Lipinski definition) is 4. The van der Waals surface area contributed by atoms with Crippen molar-refractivity contribution in [1.29, 1.82) is 0 Å². The van der Waals surface area contributed by atoms with Gasteiger partial charge in [0.2, 0.25) is 0 Å². The molecule has 2 heterocycles. The summed E-state index contributed by atoms with van der Waals surface area (Å²) in [6.07, 6.45) is 3.94. The molecule has 1 amide bonds. The van der Waals surface area contributed by atoms with Crippen LogP contribution in [0.4, 0.5) is 5.69 Å². The van der Waals surface area contributed by atoms with Gasteiger partial charge in [-0.15, -0.1) is 0 Å². The second-order valence-corrected chi connectivity index (χ2v) is 6.98. The number of hydrazone groups is 1. The third-order valence-corrected chi connectivity index (χ3v) is 4.78. The molecule has 0 saturated heterocycles. The molecular weight excluding hydrogens is 300 g/mol. The summed E-state index contributed by atoms with van der Waals surface area (Å²) in [7, 11) is 7.55. The minimum absolute atomic E-state index is 0.0773. The highest BCUT2D eigenvalue weighted by molar-refractivity contribution is 6.23. The maximum absolute atomic E-state index is 12.4. The minimum atomic E-state index is -0.106. The summed E-state index contributed by atoms with van der Waals surface area (Å²) in [5.41, 5.74) is 4.19. The highest BCUT2D eigenvalue weighted by Crippen LogP contribution is 2.46. The maximum atomic E-state index is 12.4. The molecule has 2 aliphatic rings. The fraction of sp³-hybridized carbons (Fsp3) is 0.368. The minimum Gasteiger partial charge on any atom is -0.361 e. The molecule has 3 rings (SSSR count). The molecular formula is C19H24N4O. The molecule has 0 bridgehead atoms. The van der Waals surface area contributed by atoms with Crippen molar-refractivity contribution in [2.24, 2.45) is 5.10 Å². The first kappa shape index (κ1) is 16.3. The first-order valence-electron chi connectivity index (χ1n) is 8.05. The normalized spacial score (nSPS) is 22.4. The van der Waals surface area contributed by atoms with Crippen molar-refractivity contribution in [3.63, 3.8) is 0 Å². The third kappa shape index (κ3) is 2.31. The number of allylic oxidation sites excluding steroid dienone is 3. The van der Waals surface area contributed by atoms with E-state index in [1.807, 2.05) is 31.1 Å². The number of nitrogens with zero attached hydrogens (tertiary/aromatic N) is 4. The van der Waals surface area contributed by atoms with Gasteiger partial charge in [-0.05, 0) is 23.8 Å². The van der Waals surface area contributed by atoms with E-state index in [0.29, 0.717) is 11.4 Å². The van der Waals surface area contributed by atoms with E-state index < -0.39 is 0 Å². The summed E-state index contributed by atoms with van der Waals surface area (Å²) in [5.74, 6) is 0.613. The molecule has 0 fully saturated rings. The average Bonchev–Trinajstić information content (AvgIpc) is 2.92. The van der Waals surface area contributed by atoms with Gasteiger partial charge in [-0.2, -0.15) is 5.10 Å². The van der Waals surface area contributed by atoms with Crippen LogP contribution >= 0.6 is 0 Å². The highest BCUT2D eigenvalue weighted by Gasteiger charge is 2.38. The van der Waals surface area contributed by atoms with Gasteiger partial charge < -0.3 is 9.80 Å². The second-order valence-electron chi connectivity index (χ2n) is 6.98. The van der Waals surface area contributed by atoms with Crippen molar-refractivity contribution in [3.05, 3.63) is 53.3 Å². The van der Waals surface area contributed by atoms with E-state index in [4.69, 9.17) is 0 Å². The summed E-state index contributed by atoms with van der Waals surface area (Å²) >= 11 is 0. The van der Waals surface area contributed by atoms with E-state index in [-0.39, 0.29) is 11.3 Å². The molecule has 5 nitrogen and oxygen atoms in total. The molecule has 0 N–H and O–H groups in total. The molecule has 1 aromatic rings. The summed E-state index contributed by atoms with van der Waals surface area (Å²) in [4.78, 5) is 16.4. The van der Waals surface area contributed by atoms with E-state index in [2.05, 4.69) is 55.2 Å². The molecule has 24 heavy (non-hydrogen) atoms. The van der Waals surface area contributed by atoms with Crippen molar-refractivity contribution < 1.29 is 4.79 Å². The van der Waals surface area contributed by atoms with Gasteiger partial charge in [0.1, 0.15) is 0 Å². The lowest BCUT2D eigenvalue weighted by atomic mass is 9.83. The molecule has 0 atom stereocenters. The van der Waals surface area contributed by atoms with E-state index in [9.17, 15) is 4.79 Å². The summed E-state index contributed by atoms with van der Waals surface area (Å²) in [6, 6.07) is 8.43. The van der Waals surface area contributed by atoms with Crippen LogP contribution in [0.3, 0.4) is 0 Å². The van der Waals surface area contributed by atoms with Gasteiger partial charge in [0.25, 0.3) is 5.91 Å². The van der Waals surface area contributed by atoms with Crippen LogP contribution in [-0.2, 0) is 10.2 Å². The SMILES string of the molecule is CN(C)C1=NN(C)C(=O)/C1=C/C=C1\N(C)c2ccccc2C1(C)C. The molecule has 0 spiro atoms. The van der Waals surface area contributed by atoms with Crippen LogP contribution in [0.1, 0.15) is 19.4 Å². The van der Waals surface area contributed by atoms with Crippen LogP contribution < -0.4 is 4.90 Å². The van der Waals surface area contributed by atoms with Gasteiger partial charge in [-0.3, -0.25) is 4.79 Å². The Balaban J connectivity index is 2.04. The standard InChI is InChI=1S/C19H24N4O/c1-19(2)14-9-7-8-10-15(14)22(5)16(19)12-11-13-17(21(3)4)20-23(6)18(13)24/h7-12H,1-6H3/b13-11+,16-12-. The summed E-state index contributed by atoms with van der Waals surface area (Å²) in [6.45, 7) is 4.42. The maximum Gasteiger partial charge on any atom is 0.277 e. The summed E-state index contributed by atoms with van der Waals surface area (Å²) < 4.78 is 0. The second kappa shape index (κ2) is 5.51. The largest absolute Gasteiger partial charge is 0.361 e. The number of carbonyl (C=O) groups is 1. The van der Waals surface area contributed by atoms with Crippen LogP contribution in [0.15, 0.2) is 52.8 Å². The Bertz CT molecular complexity index is 786. The number of carbonyl (C=O) groups excluding carboxylic acids is 1. The lowest BCUT2D eigenvalue weighted by Gasteiger charge is -2.23. The molecule has 2 aliphatic heterocycles.